The fraction of sp³-hybridized carbons (Fsp3) is 0.619. The highest BCUT2D eigenvalue weighted by Gasteiger charge is 2.43. The highest BCUT2D eigenvalue weighted by Crippen LogP contribution is 2.47. The second-order valence-electron chi connectivity index (χ2n) is 7.62. The molecule has 0 aliphatic heterocycles. The summed E-state index contributed by atoms with van der Waals surface area (Å²) >= 11 is 0. The average Bonchev–Trinajstić information content (AvgIpc) is 3.50. The van der Waals surface area contributed by atoms with Crippen LogP contribution in [0.25, 0.3) is 0 Å². The predicted octanol–water partition coefficient (Wildman–Crippen LogP) is 3.20. The van der Waals surface area contributed by atoms with Crippen LogP contribution in [-0.4, -0.2) is 38.5 Å². The van der Waals surface area contributed by atoms with Crippen molar-refractivity contribution in [2.45, 2.75) is 50.4 Å². The number of rotatable bonds is 7. The van der Waals surface area contributed by atoms with E-state index in [4.69, 9.17) is 0 Å². The Morgan fingerprint density at radius 3 is 2.33 bits per heavy atom. The summed E-state index contributed by atoms with van der Waals surface area (Å²) < 4.78 is 0. The zero-order chi connectivity index (χ0) is 18.2. The van der Waals surface area contributed by atoms with Crippen LogP contribution in [0, 0.1) is 5.92 Å². The Morgan fingerprint density at radius 2 is 1.70 bits per heavy atom. The second-order valence-corrected chi connectivity index (χ2v) is 7.62. The van der Waals surface area contributed by atoms with E-state index >= 15 is 0 Å². The van der Waals surface area contributed by atoms with E-state index in [0.29, 0.717) is 13.1 Å². The van der Waals surface area contributed by atoms with Gasteiger partial charge in [0, 0.05) is 38.0 Å². The molecule has 0 bridgehead atoms. The minimum Gasteiger partial charge on any atom is -0.356 e. The van der Waals surface area contributed by atoms with Crippen LogP contribution < -0.4 is 16.0 Å². The van der Waals surface area contributed by atoms with Gasteiger partial charge in [-0.05, 0) is 31.2 Å². The lowest BCUT2D eigenvalue weighted by atomic mass is 9.89. The number of guanidine groups is 1. The first-order valence-corrected chi connectivity index (χ1v) is 10.0. The minimum absolute atomic E-state index is 0. The second kappa shape index (κ2) is 10.9. The molecule has 2 saturated carbocycles. The number of carbonyl (C=O) groups excluding carboxylic acids is 1. The number of nitrogens with one attached hydrogen (secondary N) is 3. The van der Waals surface area contributed by atoms with Gasteiger partial charge in [-0.1, -0.05) is 49.6 Å². The molecule has 0 spiro atoms. The molecule has 0 radical (unpaired) electrons. The molecular weight excluding hydrogens is 451 g/mol. The molecule has 0 atom stereocenters. The van der Waals surface area contributed by atoms with Crippen molar-refractivity contribution in [1.29, 1.82) is 0 Å². The average molecular weight is 484 g/mol. The van der Waals surface area contributed by atoms with Crippen LogP contribution in [0.4, 0.5) is 0 Å². The first-order valence-electron chi connectivity index (χ1n) is 10.0. The summed E-state index contributed by atoms with van der Waals surface area (Å²) in [7, 11) is 1.79. The van der Waals surface area contributed by atoms with Crippen molar-refractivity contribution in [3.05, 3.63) is 35.9 Å². The lowest BCUT2D eigenvalue weighted by molar-refractivity contribution is -0.125. The smallest absolute Gasteiger partial charge is 0.223 e. The van der Waals surface area contributed by atoms with Crippen LogP contribution in [0.3, 0.4) is 0 Å². The maximum absolute atomic E-state index is 12.1. The van der Waals surface area contributed by atoms with E-state index in [1.165, 1.54) is 37.7 Å². The number of aliphatic imine (C=N–C) groups is 1. The van der Waals surface area contributed by atoms with Crippen molar-refractivity contribution >= 4 is 35.8 Å². The Kier molecular flexibility index (Phi) is 8.86. The van der Waals surface area contributed by atoms with Crippen molar-refractivity contribution in [3.63, 3.8) is 0 Å². The van der Waals surface area contributed by atoms with Gasteiger partial charge in [-0.15, -0.1) is 24.0 Å². The van der Waals surface area contributed by atoms with Crippen molar-refractivity contribution in [1.82, 2.24) is 16.0 Å². The number of hydrogen-bond acceptors (Lipinski definition) is 2. The summed E-state index contributed by atoms with van der Waals surface area (Å²) in [4.78, 5) is 16.5. The van der Waals surface area contributed by atoms with Crippen LogP contribution in [0.2, 0.25) is 0 Å². The Morgan fingerprint density at radius 1 is 1.04 bits per heavy atom. The Balaban J connectivity index is 0.00000261. The highest BCUT2D eigenvalue weighted by molar-refractivity contribution is 14.0. The van der Waals surface area contributed by atoms with Gasteiger partial charge in [0.1, 0.15) is 0 Å². The van der Waals surface area contributed by atoms with Crippen LogP contribution in [0.5, 0.6) is 0 Å². The molecule has 2 aliphatic rings. The molecule has 2 fully saturated rings. The van der Waals surface area contributed by atoms with Gasteiger partial charge in [0.05, 0.1) is 0 Å². The summed E-state index contributed by atoms with van der Waals surface area (Å²) in [6.07, 6.45) is 8.19. The van der Waals surface area contributed by atoms with E-state index in [-0.39, 0.29) is 41.2 Å². The first-order chi connectivity index (χ1) is 12.7. The largest absolute Gasteiger partial charge is 0.356 e. The molecule has 2 aliphatic carbocycles. The standard InChI is InChI=1S/C21H32N4O.HI/c1-22-20(24-15-14-23-19(26)17-8-4-2-5-9-17)25-16-21(12-13-21)18-10-6-3-7-11-18;/h3,6-7,10-11,17H,2,4-5,8-9,12-16H2,1H3,(H,23,26)(H2,22,24,25);1H. The number of carbonyl (C=O) groups is 1. The molecule has 6 heteroatoms. The molecule has 0 heterocycles. The van der Waals surface area contributed by atoms with Crippen LogP contribution in [-0.2, 0) is 10.2 Å². The quantitative estimate of drug-likeness (QED) is 0.241. The van der Waals surface area contributed by atoms with Crippen molar-refractivity contribution in [3.8, 4) is 0 Å². The molecule has 0 unspecified atom stereocenters. The van der Waals surface area contributed by atoms with Gasteiger partial charge in [-0.2, -0.15) is 0 Å². The molecule has 1 aromatic rings. The van der Waals surface area contributed by atoms with E-state index < -0.39 is 0 Å². The Bertz CT molecular complexity index is 610. The van der Waals surface area contributed by atoms with E-state index in [2.05, 4.69) is 51.3 Å². The zero-order valence-corrected chi connectivity index (χ0v) is 18.6. The lowest BCUT2D eigenvalue weighted by Crippen LogP contribution is -2.44. The number of nitrogens with zero attached hydrogens (tertiary/aromatic N) is 1. The number of amides is 1. The SMILES string of the molecule is CN=C(NCCNC(=O)C1CCCCC1)NCC1(c2ccccc2)CC1.I. The third-order valence-corrected chi connectivity index (χ3v) is 5.75. The van der Waals surface area contributed by atoms with Gasteiger partial charge >= 0.3 is 0 Å². The molecule has 0 aromatic heterocycles. The summed E-state index contributed by atoms with van der Waals surface area (Å²) in [5, 5.41) is 9.81. The van der Waals surface area contributed by atoms with Crippen molar-refractivity contribution < 1.29 is 4.79 Å². The monoisotopic (exact) mass is 484 g/mol. The number of halogens is 1. The molecule has 1 aromatic carbocycles. The first kappa shape index (κ1) is 22.0. The summed E-state index contributed by atoms with van der Waals surface area (Å²) in [5.74, 6) is 1.25. The van der Waals surface area contributed by atoms with Crippen molar-refractivity contribution in [2.24, 2.45) is 10.9 Å². The topological polar surface area (TPSA) is 65.5 Å². The van der Waals surface area contributed by atoms with Gasteiger partial charge in [-0.3, -0.25) is 9.79 Å². The van der Waals surface area contributed by atoms with Gasteiger partial charge in [0.2, 0.25) is 5.91 Å². The normalized spacial score (nSPS) is 18.9. The third-order valence-electron chi connectivity index (χ3n) is 5.75. The van der Waals surface area contributed by atoms with Gasteiger partial charge < -0.3 is 16.0 Å². The van der Waals surface area contributed by atoms with Crippen molar-refractivity contribution in [2.75, 3.05) is 26.7 Å². The molecular formula is C21H33IN4O. The number of hydrogen-bond donors (Lipinski definition) is 3. The maximum Gasteiger partial charge on any atom is 0.223 e. The predicted molar refractivity (Wildman–Crippen MR) is 122 cm³/mol. The molecule has 27 heavy (non-hydrogen) atoms. The van der Waals surface area contributed by atoms with Crippen LogP contribution in [0.15, 0.2) is 35.3 Å². The van der Waals surface area contributed by atoms with Gasteiger partial charge in [0.25, 0.3) is 0 Å². The fourth-order valence-corrected chi connectivity index (χ4v) is 3.86. The lowest BCUT2D eigenvalue weighted by Gasteiger charge is -2.21. The molecule has 5 nitrogen and oxygen atoms in total. The summed E-state index contributed by atoms with van der Waals surface area (Å²) in [5.41, 5.74) is 1.66. The molecule has 3 rings (SSSR count). The third kappa shape index (κ3) is 6.36. The summed E-state index contributed by atoms with van der Waals surface area (Å²) in [6, 6.07) is 10.7. The van der Waals surface area contributed by atoms with Crippen LogP contribution >= 0.6 is 24.0 Å². The number of benzene rings is 1. The Labute approximate surface area is 180 Å². The van der Waals surface area contributed by atoms with E-state index in [1.54, 1.807) is 7.05 Å². The molecule has 0 saturated heterocycles. The molecule has 150 valence electrons. The summed E-state index contributed by atoms with van der Waals surface area (Å²) in [6.45, 7) is 2.22. The van der Waals surface area contributed by atoms with E-state index in [1.807, 2.05) is 0 Å². The minimum atomic E-state index is 0. The van der Waals surface area contributed by atoms with Gasteiger partial charge in [0.15, 0.2) is 5.96 Å². The van der Waals surface area contributed by atoms with Crippen LogP contribution in [0.1, 0.15) is 50.5 Å². The molecule has 1 amide bonds. The fourth-order valence-electron chi connectivity index (χ4n) is 3.86. The molecule has 3 N–H and O–H groups in total. The highest BCUT2D eigenvalue weighted by atomic mass is 127. The van der Waals surface area contributed by atoms with Gasteiger partial charge in [-0.25, -0.2) is 0 Å². The Hall–Kier alpha value is -1.31. The van der Waals surface area contributed by atoms with E-state index in [0.717, 1.165) is 25.3 Å². The zero-order valence-electron chi connectivity index (χ0n) is 16.3. The van der Waals surface area contributed by atoms with E-state index in [9.17, 15) is 4.79 Å². The maximum atomic E-state index is 12.1.